The molecular formula is C14H16FN3O3. The molecule has 0 aliphatic carbocycles. The highest BCUT2D eigenvalue weighted by atomic mass is 19.1. The second-order valence-corrected chi connectivity index (χ2v) is 4.77. The molecule has 1 aromatic rings. The summed E-state index contributed by atoms with van der Waals surface area (Å²) in [4.78, 5) is 36.3. The molecule has 0 saturated carbocycles. The summed E-state index contributed by atoms with van der Waals surface area (Å²) in [5.74, 6) is -1.32. The van der Waals surface area contributed by atoms with Gasteiger partial charge in [0.1, 0.15) is 18.4 Å². The normalized spacial score (nSPS) is 17.8. The summed E-state index contributed by atoms with van der Waals surface area (Å²) < 4.78 is 12.8. The Morgan fingerprint density at radius 3 is 2.62 bits per heavy atom. The van der Waals surface area contributed by atoms with Crippen LogP contribution in [-0.2, 0) is 9.59 Å². The third-order valence-electron chi connectivity index (χ3n) is 3.11. The van der Waals surface area contributed by atoms with Gasteiger partial charge in [0.15, 0.2) is 0 Å². The summed E-state index contributed by atoms with van der Waals surface area (Å²) in [6.07, 6.45) is 1.30. The minimum absolute atomic E-state index is 0.359. The smallest absolute Gasteiger partial charge is 0.325 e. The fourth-order valence-electron chi connectivity index (χ4n) is 2.09. The Morgan fingerprint density at radius 2 is 2.00 bits per heavy atom. The van der Waals surface area contributed by atoms with E-state index in [1.165, 1.54) is 24.3 Å². The van der Waals surface area contributed by atoms with E-state index in [4.69, 9.17) is 0 Å². The molecule has 1 aliphatic heterocycles. The molecule has 112 valence electrons. The number of anilines is 1. The Morgan fingerprint density at radius 1 is 1.33 bits per heavy atom. The van der Waals surface area contributed by atoms with Crippen molar-refractivity contribution in [3.63, 3.8) is 0 Å². The van der Waals surface area contributed by atoms with Crippen LogP contribution in [0.25, 0.3) is 0 Å². The van der Waals surface area contributed by atoms with Crippen LogP contribution >= 0.6 is 0 Å². The standard InChI is InChI=1S/C14H16FN3O3/c1-2-3-11-13(20)18(14(21)17-11)8-12(19)16-10-6-4-9(15)5-7-10/h4-7,11H,2-3,8H2,1H3,(H,16,19)(H,17,21). The van der Waals surface area contributed by atoms with Crippen LogP contribution < -0.4 is 10.6 Å². The van der Waals surface area contributed by atoms with E-state index in [2.05, 4.69) is 10.6 Å². The average Bonchev–Trinajstić information content (AvgIpc) is 2.70. The van der Waals surface area contributed by atoms with Crippen molar-refractivity contribution in [2.75, 3.05) is 11.9 Å². The number of nitrogens with one attached hydrogen (secondary N) is 2. The van der Waals surface area contributed by atoms with Crippen LogP contribution in [0.15, 0.2) is 24.3 Å². The quantitative estimate of drug-likeness (QED) is 0.807. The number of nitrogens with zero attached hydrogens (tertiary/aromatic N) is 1. The zero-order chi connectivity index (χ0) is 15.4. The Balaban J connectivity index is 1.94. The highest BCUT2D eigenvalue weighted by Gasteiger charge is 2.38. The molecule has 21 heavy (non-hydrogen) atoms. The summed E-state index contributed by atoms with van der Waals surface area (Å²) in [7, 11) is 0. The molecule has 1 aliphatic rings. The third-order valence-corrected chi connectivity index (χ3v) is 3.11. The van der Waals surface area contributed by atoms with Gasteiger partial charge < -0.3 is 10.6 Å². The molecule has 1 heterocycles. The maximum absolute atomic E-state index is 12.8. The molecule has 1 fully saturated rings. The van der Waals surface area contributed by atoms with Crippen molar-refractivity contribution in [1.29, 1.82) is 0 Å². The fourth-order valence-corrected chi connectivity index (χ4v) is 2.09. The molecule has 0 spiro atoms. The molecule has 0 bridgehead atoms. The van der Waals surface area contributed by atoms with Crippen LogP contribution in [0, 0.1) is 5.82 Å². The molecule has 1 saturated heterocycles. The SMILES string of the molecule is CCCC1NC(=O)N(CC(=O)Nc2ccc(F)cc2)C1=O. The Labute approximate surface area is 121 Å². The predicted octanol–water partition coefficient (Wildman–Crippen LogP) is 1.48. The molecule has 6 nitrogen and oxygen atoms in total. The average molecular weight is 293 g/mol. The second-order valence-electron chi connectivity index (χ2n) is 4.77. The minimum atomic E-state index is -0.562. The Kier molecular flexibility index (Phi) is 4.52. The number of urea groups is 1. The van der Waals surface area contributed by atoms with Crippen LogP contribution in [0.5, 0.6) is 0 Å². The van der Waals surface area contributed by atoms with E-state index in [0.29, 0.717) is 12.1 Å². The number of rotatable bonds is 5. The van der Waals surface area contributed by atoms with Gasteiger partial charge in [-0.3, -0.25) is 14.5 Å². The number of halogens is 1. The van der Waals surface area contributed by atoms with E-state index >= 15 is 0 Å². The highest BCUT2D eigenvalue weighted by molar-refractivity contribution is 6.07. The van der Waals surface area contributed by atoms with E-state index in [1.807, 2.05) is 6.92 Å². The van der Waals surface area contributed by atoms with Gasteiger partial charge in [0.25, 0.3) is 5.91 Å². The number of hydrogen-bond donors (Lipinski definition) is 2. The zero-order valence-corrected chi connectivity index (χ0v) is 11.6. The number of imide groups is 1. The van der Waals surface area contributed by atoms with Crippen LogP contribution in [0.3, 0.4) is 0 Å². The third kappa shape index (κ3) is 3.56. The lowest BCUT2D eigenvalue weighted by molar-refractivity contribution is -0.130. The summed E-state index contributed by atoms with van der Waals surface area (Å²) >= 11 is 0. The monoisotopic (exact) mass is 293 g/mol. The van der Waals surface area contributed by atoms with Gasteiger partial charge in [-0.25, -0.2) is 9.18 Å². The molecule has 0 radical (unpaired) electrons. The fraction of sp³-hybridized carbons (Fsp3) is 0.357. The van der Waals surface area contributed by atoms with Crippen LogP contribution in [0.2, 0.25) is 0 Å². The van der Waals surface area contributed by atoms with Crippen molar-refractivity contribution in [3.8, 4) is 0 Å². The summed E-state index contributed by atoms with van der Waals surface area (Å²) in [5, 5.41) is 5.04. The number of carbonyl (C=O) groups excluding carboxylic acids is 3. The molecule has 2 rings (SSSR count). The summed E-state index contributed by atoms with van der Waals surface area (Å²) in [6.45, 7) is 1.55. The van der Waals surface area contributed by atoms with Gasteiger partial charge in [-0.2, -0.15) is 0 Å². The van der Waals surface area contributed by atoms with Gasteiger partial charge >= 0.3 is 6.03 Å². The van der Waals surface area contributed by atoms with Crippen molar-refractivity contribution in [1.82, 2.24) is 10.2 Å². The van der Waals surface area contributed by atoms with Gasteiger partial charge in [0, 0.05) is 5.69 Å². The van der Waals surface area contributed by atoms with Crippen molar-refractivity contribution in [2.24, 2.45) is 0 Å². The topological polar surface area (TPSA) is 78.5 Å². The highest BCUT2D eigenvalue weighted by Crippen LogP contribution is 2.12. The first-order valence-electron chi connectivity index (χ1n) is 6.68. The maximum Gasteiger partial charge on any atom is 0.325 e. The molecule has 7 heteroatoms. The van der Waals surface area contributed by atoms with E-state index in [1.54, 1.807) is 0 Å². The number of amides is 4. The van der Waals surface area contributed by atoms with Crippen molar-refractivity contribution < 1.29 is 18.8 Å². The lowest BCUT2D eigenvalue weighted by atomic mass is 10.2. The van der Waals surface area contributed by atoms with Crippen LogP contribution in [0.1, 0.15) is 19.8 Å². The largest absolute Gasteiger partial charge is 0.326 e. The zero-order valence-electron chi connectivity index (χ0n) is 11.6. The first-order valence-corrected chi connectivity index (χ1v) is 6.68. The molecular weight excluding hydrogens is 277 g/mol. The van der Waals surface area contributed by atoms with Crippen LogP contribution in [0.4, 0.5) is 14.9 Å². The first kappa shape index (κ1) is 15.0. The van der Waals surface area contributed by atoms with Crippen molar-refractivity contribution in [2.45, 2.75) is 25.8 Å². The van der Waals surface area contributed by atoms with Gasteiger partial charge in [-0.05, 0) is 30.7 Å². The molecule has 4 amide bonds. The number of carbonyl (C=O) groups is 3. The van der Waals surface area contributed by atoms with E-state index in [9.17, 15) is 18.8 Å². The lowest BCUT2D eigenvalue weighted by Crippen LogP contribution is -2.38. The number of benzene rings is 1. The predicted molar refractivity (Wildman–Crippen MR) is 74.0 cm³/mol. The maximum atomic E-state index is 12.8. The van der Waals surface area contributed by atoms with Gasteiger partial charge in [-0.15, -0.1) is 0 Å². The van der Waals surface area contributed by atoms with Gasteiger partial charge in [-0.1, -0.05) is 13.3 Å². The Hall–Kier alpha value is -2.44. The summed E-state index contributed by atoms with van der Waals surface area (Å²) in [6, 6.07) is 4.10. The van der Waals surface area contributed by atoms with Gasteiger partial charge in [0.05, 0.1) is 0 Å². The first-order chi connectivity index (χ1) is 10.0. The van der Waals surface area contributed by atoms with Crippen molar-refractivity contribution >= 4 is 23.5 Å². The lowest BCUT2D eigenvalue weighted by Gasteiger charge is -2.12. The molecule has 0 aromatic heterocycles. The molecule has 1 aromatic carbocycles. The van der Waals surface area contributed by atoms with Crippen molar-refractivity contribution in [3.05, 3.63) is 30.1 Å². The minimum Gasteiger partial charge on any atom is -0.326 e. The molecule has 1 unspecified atom stereocenters. The van der Waals surface area contributed by atoms with E-state index < -0.39 is 29.7 Å². The second kappa shape index (κ2) is 6.34. The Bertz CT molecular complexity index is 559. The van der Waals surface area contributed by atoms with Crippen LogP contribution in [-0.4, -0.2) is 35.3 Å². The molecule has 1 atom stereocenters. The summed E-state index contributed by atoms with van der Waals surface area (Å²) in [5.41, 5.74) is 0.401. The number of hydrogen-bond acceptors (Lipinski definition) is 3. The molecule has 2 N–H and O–H groups in total. The van der Waals surface area contributed by atoms with Gasteiger partial charge in [0.2, 0.25) is 5.91 Å². The van der Waals surface area contributed by atoms with E-state index in [0.717, 1.165) is 11.3 Å². The van der Waals surface area contributed by atoms with E-state index in [-0.39, 0.29) is 6.54 Å².